The third-order valence-electron chi connectivity index (χ3n) is 2.24. The molecule has 0 aromatic rings. The van der Waals surface area contributed by atoms with E-state index in [-0.39, 0.29) is 0 Å². The fraction of sp³-hybridized carbons (Fsp3) is 0.778. The normalized spacial score (nSPS) is 33.6. The first-order chi connectivity index (χ1) is 4.34. The first kappa shape index (κ1) is 6.85. The van der Waals surface area contributed by atoms with Crippen molar-refractivity contribution in [2.75, 3.05) is 0 Å². The second-order valence-corrected chi connectivity index (χ2v) is 3.09. The lowest BCUT2D eigenvalue weighted by molar-refractivity contribution is 0.430. The van der Waals surface area contributed by atoms with Gasteiger partial charge in [-0.3, -0.25) is 0 Å². The molecule has 0 nitrogen and oxygen atoms in total. The minimum Gasteiger partial charge on any atom is -0.0880 e. The maximum absolute atomic E-state index is 2.38. The molecule has 1 unspecified atom stereocenters. The van der Waals surface area contributed by atoms with Gasteiger partial charge in [-0.15, -0.1) is 0 Å². The van der Waals surface area contributed by atoms with Crippen LogP contribution in [0.5, 0.6) is 0 Å². The molecule has 0 aromatic heterocycles. The van der Waals surface area contributed by atoms with Crippen LogP contribution < -0.4 is 0 Å². The van der Waals surface area contributed by atoms with Gasteiger partial charge in [0.2, 0.25) is 0 Å². The maximum atomic E-state index is 2.38. The quantitative estimate of drug-likeness (QED) is 0.496. The topological polar surface area (TPSA) is 0 Å². The Morgan fingerprint density at radius 1 is 1.56 bits per heavy atom. The van der Waals surface area contributed by atoms with Crippen molar-refractivity contribution in [1.82, 2.24) is 0 Å². The zero-order chi connectivity index (χ0) is 6.69. The molecule has 0 N–H and O–H groups in total. The molecular formula is C9H16. The highest BCUT2D eigenvalue weighted by Gasteiger charge is 2.16. The van der Waals surface area contributed by atoms with E-state index in [1.54, 1.807) is 0 Å². The fourth-order valence-electron chi connectivity index (χ4n) is 1.55. The lowest BCUT2D eigenvalue weighted by Crippen LogP contribution is -2.02. The molecule has 1 aliphatic carbocycles. The van der Waals surface area contributed by atoms with Crippen molar-refractivity contribution in [3.8, 4) is 0 Å². The number of rotatable bonds is 2. The summed E-state index contributed by atoms with van der Waals surface area (Å²) in [5.41, 5.74) is 0. The van der Waals surface area contributed by atoms with E-state index in [9.17, 15) is 0 Å². The molecule has 0 fully saturated rings. The van der Waals surface area contributed by atoms with Crippen LogP contribution in [0.3, 0.4) is 0 Å². The van der Waals surface area contributed by atoms with Crippen LogP contribution in [0.15, 0.2) is 12.2 Å². The van der Waals surface area contributed by atoms with Gasteiger partial charge in [0.15, 0.2) is 0 Å². The largest absolute Gasteiger partial charge is 0.0880 e. The minimum atomic E-state index is 0.898. The molecule has 0 spiro atoms. The van der Waals surface area contributed by atoms with Crippen molar-refractivity contribution in [3.63, 3.8) is 0 Å². The van der Waals surface area contributed by atoms with Crippen molar-refractivity contribution in [3.05, 3.63) is 12.2 Å². The first-order valence-electron chi connectivity index (χ1n) is 4.01. The van der Waals surface area contributed by atoms with Gasteiger partial charge in [0.1, 0.15) is 0 Å². The van der Waals surface area contributed by atoms with Gasteiger partial charge in [-0.25, -0.2) is 0 Å². The Kier molecular flexibility index (Phi) is 2.32. The van der Waals surface area contributed by atoms with Gasteiger partial charge in [-0.1, -0.05) is 32.4 Å². The molecule has 0 bridgehead atoms. The number of hydrogen-bond acceptors (Lipinski definition) is 0. The molecule has 0 heteroatoms. The average molecular weight is 124 g/mol. The maximum Gasteiger partial charge on any atom is -0.0205 e. The van der Waals surface area contributed by atoms with E-state index >= 15 is 0 Å². The predicted octanol–water partition coefficient (Wildman–Crippen LogP) is 3.00. The predicted molar refractivity (Wildman–Crippen MR) is 41.3 cm³/mol. The summed E-state index contributed by atoms with van der Waals surface area (Å²) < 4.78 is 0. The van der Waals surface area contributed by atoms with Crippen LogP contribution in [0.2, 0.25) is 0 Å². The molecular weight excluding hydrogens is 108 g/mol. The van der Waals surface area contributed by atoms with Crippen molar-refractivity contribution >= 4 is 0 Å². The molecule has 0 heterocycles. The van der Waals surface area contributed by atoms with Gasteiger partial charge in [0.25, 0.3) is 0 Å². The fourth-order valence-corrected chi connectivity index (χ4v) is 1.55. The molecule has 0 amide bonds. The molecule has 0 saturated heterocycles. The van der Waals surface area contributed by atoms with Gasteiger partial charge < -0.3 is 0 Å². The number of hydrogen-bond donors (Lipinski definition) is 0. The Balaban J connectivity index is 2.31. The van der Waals surface area contributed by atoms with E-state index in [0.717, 1.165) is 11.8 Å². The summed E-state index contributed by atoms with van der Waals surface area (Å²) in [6.45, 7) is 4.61. The van der Waals surface area contributed by atoms with E-state index in [2.05, 4.69) is 26.0 Å². The summed E-state index contributed by atoms with van der Waals surface area (Å²) in [5, 5.41) is 0. The zero-order valence-corrected chi connectivity index (χ0v) is 6.43. The van der Waals surface area contributed by atoms with Crippen LogP contribution in [0.25, 0.3) is 0 Å². The van der Waals surface area contributed by atoms with Gasteiger partial charge >= 0.3 is 0 Å². The minimum absolute atomic E-state index is 0.898. The van der Waals surface area contributed by atoms with Gasteiger partial charge in [0.05, 0.1) is 0 Å². The Morgan fingerprint density at radius 2 is 2.33 bits per heavy atom. The van der Waals surface area contributed by atoms with Crippen LogP contribution in [0, 0.1) is 11.8 Å². The average Bonchev–Trinajstić information content (AvgIpc) is 2.18. The van der Waals surface area contributed by atoms with Crippen LogP contribution in [-0.2, 0) is 0 Å². The Bertz CT molecular complexity index is 103. The lowest BCUT2D eigenvalue weighted by atomic mass is 9.94. The zero-order valence-electron chi connectivity index (χ0n) is 6.43. The van der Waals surface area contributed by atoms with Crippen molar-refractivity contribution < 1.29 is 0 Å². The molecule has 0 aliphatic heterocycles. The monoisotopic (exact) mass is 124 g/mol. The molecule has 0 saturated carbocycles. The van der Waals surface area contributed by atoms with Crippen LogP contribution >= 0.6 is 0 Å². The molecule has 1 aliphatic rings. The highest BCUT2D eigenvalue weighted by molar-refractivity contribution is 4.99. The van der Waals surface area contributed by atoms with Crippen molar-refractivity contribution in [2.24, 2.45) is 11.8 Å². The van der Waals surface area contributed by atoms with E-state index < -0.39 is 0 Å². The first-order valence-corrected chi connectivity index (χ1v) is 4.01. The van der Waals surface area contributed by atoms with E-state index in [1.807, 2.05) is 0 Å². The van der Waals surface area contributed by atoms with Crippen molar-refractivity contribution in [2.45, 2.75) is 33.1 Å². The molecule has 0 aromatic carbocycles. The highest BCUT2D eigenvalue weighted by atomic mass is 14.2. The van der Waals surface area contributed by atoms with Crippen LogP contribution in [-0.4, -0.2) is 0 Å². The smallest absolute Gasteiger partial charge is 0.0205 e. The lowest BCUT2D eigenvalue weighted by Gasteiger charge is -2.11. The summed E-state index contributed by atoms with van der Waals surface area (Å²) >= 11 is 0. The Hall–Kier alpha value is -0.260. The Labute approximate surface area is 58.0 Å². The highest BCUT2D eigenvalue weighted by Crippen LogP contribution is 2.27. The summed E-state index contributed by atoms with van der Waals surface area (Å²) in [6, 6.07) is 0. The van der Waals surface area contributed by atoms with E-state index in [0.29, 0.717) is 0 Å². The summed E-state index contributed by atoms with van der Waals surface area (Å²) in [5.74, 6) is 1.82. The Morgan fingerprint density at radius 3 is 2.78 bits per heavy atom. The summed E-state index contributed by atoms with van der Waals surface area (Å²) in [6.07, 6.45) is 8.74. The van der Waals surface area contributed by atoms with Crippen LogP contribution in [0.4, 0.5) is 0 Å². The number of allylic oxidation sites excluding steroid dienone is 2. The molecule has 52 valence electrons. The van der Waals surface area contributed by atoms with E-state index in [1.165, 1.54) is 19.3 Å². The van der Waals surface area contributed by atoms with Gasteiger partial charge in [-0.2, -0.15) is 0 Å². The van der Waals surface area contributed by atoms with Crippen LogP contribution in [0.1, 0.15) is 33.1 Å². The third-order valence-corrected chi connectivity index (χ3v) is 2.24. The van der Waals surface area contributed by atoms with Gasteiger partial charge in [0, 0.05) is 0 Å². The molecule has 1 rings (SSSR count). The van der Waals surface area contributed by atoms with Gasteiger partial charge in [-0.05, 0) is 24.7 Å². The molecule has 9 heavy (non-hydrogen) atoms. The van der Waals surface area contributed by atoms with Crippen molar-refractivity contribution in [1.29, 1.82) is 0 Å². The summed E-state index contributed by atoms with van der Waals surface area (Å²) in [4.78, 5) is 0. The second-order valence-electron chi connectivity index (χ2n) is 3.09. The molecule has 0 radical (unpaired) electrons. The summed E-state index contributed by atoms with van der Waals surface area (Å²) in [7, 11) is 0. The molecule has 2 atom stereocenters. The van der Waals surface area contributed by atoms with E-state index in [4.69, 9.17) is 0 Å². The standard InChI is InChI=1S/C9H16/c1-3-5-9-7-4-6-8(9)2/h4,7-9H,3,5-6H2,1-2H3/t8-,9?/m1/s1. The SMILES string of the molecule is CCCC1C=CC[C@H]1C. The third kappa shape index (κ3) is 1.57. The second kappa shape index (κ2) is 3.05.